The normalized spacial score (nSPS) is 22.5. The van der Waals surface area contributed by atoms with E-state index in [2.05, 4.69) is 16.8 Å². The molecule has 0 spiro atoms. The molecule has 1 heterocycles. The summed E-state index contributed by atoms with van der Waals surface area (Å²) in [5.74, 6) is 0.461. The minimum absolute atomic E-state index is 0.260. The topological polar surface area (TPSA) is 52.7 Å². The van der Waals surface area contributed by atoms with Crippen LogP contribution >= 0.6 is 0 Å². The van der Waals surface area contributed by atoms with Gasteiger partial charge in [-0.05, 0) is 25.9 Å². The van der Waals surface area contributed by atoms with Crippen molar-refractivity contribution in [1.29, 1.82) is 0 Å². The van der Waals surface area contributed by atoms with Gasteiger partial charge < -0.3 is 20.6 Å². The molecule has 0 bridgehead atoms. The van der Waals surface area contributed by atoms with E-state index in [0.29, 0.717) is 12.5 Å². The lowest BCUT2D eigenvalue weighted by atomic mass is 10.1. The Morgan fingerprint density at radius 1 is 1.29 bits per heavy atom. The minimum Gasteiger partial charge on any atom is -0.396 e. The zero-order valence-electron chi connectivity index (χ0n) is 9.15. The van der Waals surface area contributed by atoms with Crippen LogP contribution in [0, 0.1) is 5.92 Å². The third-order valence-electron chi connectivity index (χ3n) is 2.98. The van der Waals surface area contributed by atoms with Crippen LogP contribution in [0.25, 0.3) is 0 Å². The summed E-state index contributed by atoms with van der Waals surface area (Å²) in [5, 5.41) is 8.86. The van der Waals surface area contributed by atoms with Crippen LogP contribution in [0.3, 0.4) is 0 Å². The Bertz CT molecular complexity index is 146. The van der Waals surface area contributed by atoms with Gasteiger partial charge in [0.15, 0.2) is 0 Å². The van der Waals surface area contributed by atoms with Crippen molar-refractivity contribution < 1.29 is 5.11 Å². The lowest BCUT2D eigenvalue weighted by Crippen LogP contribution is -2.46. The highest BCUT2D eigenvalue weighted by Crippen LogP contribution is 2.06. The summed E-state index contributed by atoms with van der Waals surface area (Å²) >= 11 is 0. The smallest absolute Gasteiger partial charge is 0.0434 e. The van der Waals surface area contributed by atoms with E-state index >= 15 is 0 Å². The predicted octanol–water partition coefficient (Wildman–Crippen LogP) is -0.809. The lowest BCUT2D eigenvalue weighted by molar-refractivity contribution is 0.128. The van der Waals surface area contributed by atoms with Crippen LogP contribution in [0.4, 0.5) is 0 Å². The van der Waals surface area contributed by atoms with Gasteiger partial charge in [-0.15, -0.1) is 0 Å². The Hall–Kier alpha value is -0.160. The summed E-state index contributed by atoms with van der Waals surface area (Å²) in [7, 11) is 2.16. The number of likely N-dealkylation sites (N-methyl/N-ethyl adjacent to an activating group) is 1. The molecule has 1 unspecified atom stereocenters. The first-order chi connectivity index (χ1) is 6.76. The molecule has 84 valence electrons. The molecule has 0 radical (unpaired) electrons. The van der Waals surface area contributed by atoms with Crippen LogP contribution in [0.2, 0.25) is 0 Å². The molecular weight excluding hydrogens is 178 g/mol. The van der Waals surface area contributed by atoms with Crippen LogP contribution in [0.15, 0.2) is 0 Å². The molecule has 1 atom stereocenters. The van der Waals surface area contributed by atoms with Gasteiger partial charge in [0.1, 0.15) is 0 Å². The van der Waals surface area contributed by atoms with Gasteiger partial charge >= 0.3 is 0 Å². The molecule has 1 saturated heterocycles. The number of hydrogen-bond donors (Lipinski definition) is 2. The summed E-state index contributed by atoms with van der Waals surface area (Å²) in [6.07, 6.45) is 0.836. The maximum atomic E-state index is 8.86. The Kier molecular flexibility index (Phi) is 5.40. The second-order valence-electron chi connectivity index (χ2n) is 4.22. The largest absolute Gasteiger partial charge is 0.396 e. The van der Waals surface area contributed by atoms with E-state index in [0.717, 1.165) is 39.1 Å². The van der Waals surface area contributed by atoms with Crippen molar-refractivity contribution in [3.05, 3.63) is 0 Å². The molecule has 1 aliphatic heterocycles. The third kappa shape index (κ3) is 3.92. The summed E-state index contributed by atoms with van der Waals surface area (Å²) < 4.78 is 0. The summed E-state index contributed by atoms with van der Waals surface area (Å²) in [6.45, 7) is 6.57. The van der Waals surface area contributed by atoms with Crippen LogP contribution in [0.5, 0.6) is 0 Å². The first-order valence-electron chi connectivity index (χ1n) is 5.48. The standard InChI is InChI=1S/C10H23N3O/c1-12-3-5-13(6-4-12)9-10(8-11)2-7-14/h10,14H,2-9,11H2,1H3. The lowest BCUT2D eigenvalue weighted by Gasteiger charge is -2.34. The molecule has 1 fully saturated rings. The van der Waals surface area contributed by atoms with E-state index in [1.165, 1.54) is 0 Å². The van der Waals surface area contributed by atoms with Crippen molar-refractivity contribution in [2.75, 3.05) is 52.9 Å². The molecule has 0 saturated carbocycles. The molecule has 0 aromatic rings. The van der Waals surface area contributed by atoms with Gasteiger partial charge in [0.2, 0.25) is 0 Å². The maximum Gasteiger partial charge on any atom is 0.0434 e. The van der Waals surface area contributed by atoms with Crippen molar-refractivity contribution in [3.63, 3.8) is 0 Å². The first kappa shape index (κ1) is 11.9. The fourth-order valence-electron chi connectivity index (χ4n) is 1.86. The summed E-state index contributed by atoms with van der Waals surface area (Å²) in [4.78, 5) is 4.80. The minimum atomic E-state index is 0.260. The van der Waals surface area contributed by atoms with Crippen LogP contribution in [-0.4, -0.2) is 67.8 Å². The highest BCUT2D eigenvalue weighted by atomic mass is 16.3. The third-order valence-corrected chi connectivity index (χ3v) is 2.98. The number of aliphatic hydroxyl groups is 1. The number of aliphatic hydroxyl groups excluding tert-OH is 1. The van der Waals surface area contributed by atoms with Gasteiger partial charge in [0, 0.05) is 39.3 Å². The molecule has 3 N–H and O–H groups in total. The summed E-state index contributed by atoms with van der Waals surface area (Å²) in [5.41, 5.74) is 5.66. The second-order valence-corrected chi connectivity index (χ2v) is 4.22. The molecular formula is C10H23N3O. The Balaban J connectivity index is 2.21. The second kappa shape index (κ2) is 6.35. The average molecular weight is 201 g/mol. The molecule has 0 amide bonds. The molecule has 0 aromatic heterocycles. The Morgan fingerprint density at radius 2 is 1.93 bits per heavy atom. The van der Waals surface area contributed by atoms with Gasteiger partial charge in [-0.2, -0.15) is 0 Å². The predicted molar refractivity (Wildman–Crippen MR) is 58.2 cm³/mol. The van der Waals surface area contributed by atoms with Crippen LogP contribution in [-0.2, 0) is 0 Å². The van der Waals surface area contributed by atoms with E-state index in [-0.39, 0.29) is 6.61 Å². The molecule has 0 aliphatic carbocycles. The van der Waals surface area contributed by atoms with Crippen molar-refractivity contribution in [1.82, 2.24) is 9.80 Å². The first-order valence-corrected chi connectivity index (χ1v) is 5.48. The molecule has 1 aliphatic rings. The van der Waals surface area contributed by atoms with Gasteiger partial charge in [0.25, 0.3) is 0 Å². The fraction of sp³-hybridized carbons (Fsp3) is 1.00. The van der Waals surface area contributed by atoms with E-state index < -0.39 is 0 Å². The maximum absolute atomic E-state index is 8.86. The SMILES string of the molecule is CN1CCN(CC(CN)CCO)CC1. The van der Waals surface area contributed by atoms with Gasteiger partial charge in [-0.25, -0.2) is 0 Å². The van der Waals surface area contributed by atoms with Gasteiger partial charge in [0.05, 0.1) is 0 Å². The van der Waals surface area contributed by atoms with E-state index in [4.69, 9.17) is 10.8 Å². The van der Waals surface area contributed by atoms with E-state index in [1.54, 1.807) is 0 Å². The Morgan fingerprint density at radius 3 is 2.43 bits per heavy atom. The number of nitrogens with zero attached hydrogens (tertiary/aromatic N) is 2. The van der Waals surface area contributed by atoms with Gasteiger partial charge in [-0.3, -0.25) is 0 Å². The zero-order chi connectivity index (χ0) is 10.4. The quantitative estimate of drug-likeness (QED) is 0.611. The van der Waals surface area contributed by atoms with Crippen molar-refractivity contribution in [2.24, 2.45) is 11.7 Å². The van der Waals surface area contributed by atoms with E-state index in [1.807, 2.05) is 0 Å². The molecule has 1 rings (SSSR count). The Labute approximate surface area is 86.7 Å². The highest BCUT2D eigenvalue weighted by molar-refractivity contribution is 4.73. The van der Waals surface area contributed by atoms with E-state index in [9.17, 15) is 0 Å². The number of nitrogens with two attached hydrogens (primary N) is 1. The molecule has 14 heavy (non-hydrogen) atoms. The summed E-state index contributed by atoms with van der Waals surface area (Å²) in [6, 6.07) is 0. The molecule has 4 heteroatoms. The number of piperazine rings is 1. The van der Waals surface area contributed by atoms with Crippen molar-refractivity contribution in [2.45, 2.75) is 6.42 Å². The molecule has 4 nitrogen and oxygen atoms in total. The van der Waals surface area contributed by atoms with Crippen molar-refractivity contribution >= 4 is 0 Å². The highest BCUT2D eigenvalue weighted by Gasteiger charge is 2.16. The van der Waals surface area contributed by atoms with Crippen molar-refractivity contribution in [3.8, 4) is 0 Å². The monoisotopic (exact) mass is 201 g/mol. The average Bonchev–Trinajstić information content (AvgIpc) is 2.20. The number of rotatable bonds is 5. The van der Waals surface area contributed by atoms with Gasteiger partial charge in [-0.1, -0.05) is 0 Å². The fourth-order valence-corrected chi connectivity index (χ4v) is 1.86. The van der Waals surface area contributed by atoms with Crippen LogP contribution in [0.1, 0.15) is 6.42 Å². The number of hydrogen-bond acceptors (Lipinski definition) is 4. The molecule has 0 aromatic carbocycles. The van der Waals surface area contributed by atoms with Crippen LogP contribution < -0.4 is 5.73 Å². The zero-order valence-corrected chi connectivity index (χ0v) is 9.15.